The first kappa shape index (κ1) is 29.0. The Bertz CT molecular complexity index is 1260. The Morgan fingerprint density at radius 3 is 2.38 bits per heavy atom. The molecule has 0 radical (unpaired) electrons. The fourth-order valence-electron chi connectivity index (χ4n) is 4.57. The summed E-state index contributed by atoms with van der Waals surface area (Å²) in [4.78, 5) is 18.7. The summed E-state index contributed by atoms with van der Waals surface area (Å²) in [5.41, 5.74) is 8.30. The molecule has 0 spiro atoms. The number of carbonyl (C=O) groups is 1. The number of carbonyl (C=O) groups excluding carboxylic acids is 1. The van der Waals surface area contributed by atoms with Gasteiger partial charge in [-0.25, -0.2) is 10.4 Å². The fourth-order valence-corrected chi connectivity index (χ4v) is 4.57. The molecular formula is C32H37N3O5. The number of benzene rings is 3. The van der Waals surface area contributed by atoms with Crippen molar-refractivity contribution in [1.82, 2.24) is 10.9 Å². The number of hydrogen-bond donors (Lipinski definition) is 3. The fraction of sp³-hybridized carbons (Fsp3) is 0.312. The number of nitrogens with one attached hydrogen (secondary N) is 2. The Labute approximate surface area is 235 Å². The molecule has 4 rings (SSSR count). The lowest BCUT2D eigenvalue weighted by Crippen LogP contribution is -2.52. The predicted octanol–water partition coefficient (Wildman–Crippen LogP) is 4.61. The number of hydrogen-bond acceptors (Lipinski definition) is 7. The van der Waals surface area contributed by atoms with Crippen LogP contribution in [0.1, 0.15) is 36.5 Å². The summed E-state index contributed by atoms with van der Waals surface area (Å²) in [6, 6.07) is 25.5. The Kier molecular flexibility index (Phi) is 10.5. The van der Waals surface area contributed by atoms with Crippen molar-refractivity contribution in [3.8, 4) is 16.9 Å². The minimum Gasteiger partial charge on any atom is -0.494 e. The van der Waals surface area contributed by atoms with Gasteiger partial charge in [-0.1, -0.05) is 60.7 Å². The van der Waals surface area contributed by atoms with Gasteiger partial charge in [0.05, 0.1) is 6.61 Å². The third kappa shape index (κ3) is 6.96. The van der Waals surface area contributed by atoms with E-state index in [4.69, 9.17) is 24.3 Å². The lowest BCUT2D eigenvalue weighted by Gasteiger charge is -2.29. The molecule has 210 valence electrons. The highest BCUT2D eigenvalue weighted by atomic mass is 16.5. The molecule has 0 saturated heterocycles. The summed E-state index contributed by atoms with van der Waals surface area (Å²) < 4.78 is 17.2. The van der Waals surface area contributed by atoms with Gasteiger partial charge in [0, 0.05) is 45.3 Å². The maximum atomic E-state index is 13.8. The second kappa shape index (κ2) is 14.4. The Hall–Kier alpha value is -3.98. The number of aliphatic hydroxyl groups excluding tert-OH is 1. The molecule has 3 N–H and O–H groups in total. The van der Waals surface area contributed by atoms with Crippen molar-refractivity contribution in [3.63, 3.8) is 0 Å². The molecule has 0 aromatic heterocycles. The van der Waals surface area contributed by atoms with Crippen LogP contribution in [0.4, 0.5) is 0 Å². The van der Waals surface area contributed by atoms with Crippen molar-refractivity contribution in [2.24, 2.45) is 4.99 Å². The summed E-state index contributed by atoms with van der Waals surface area (Å²) in [5.74, 6) is 0.746. The van der Waals surface area contributed by atoms with Crippen LogP contribution in [-0.4, -0.2) is 55.9 Å². The molecule has 1 aliphatic rings. The lowest BCUT2D eigenvalue weighted by atomic mass is 9.84. The minimum absolute atomic E-state index is 0.0745. The lowest BCUT2D eigenvalue weighted by molar-refractivity contribution is -0.129. The van der Waals surface area contributed by atoms with Gasteiger partial charge < -0.3 is 19.3 Å². The molecule has 0 bridgehead atoms. The number of hydrazine groups is 1. The number of aliphatic hydroxyl groups is 1. The van der Waals surface area contributed by atoms with Crippen LogP contribution in [0.2, 0.25) is 0 Å². The van der Waals surface area contributed by atoms with E-state index in [0.29, 0.717) is 37.8 Å². The van der Waals surface area contributed by atoms with Crippen molar-refractivity contribution in [2.45, 2.75) is 30.9 Å². The van der Waals surface area contributed by atoms with Gasteiger partial charge >= 0.3 is 0 Å². The first-order valence-electron chi connectivity index (χ1n) is 13.5. The van der Waals surface area contributed by atoms with Crippen LogP contribution in [0.25, 0.3) is 11.1 Å². The molecule has 1 aliphatic heterocycles. The Morgan fingerprint density at radius 2 is 1.70 bits per heavy atom. The molecule has 0 fully saturated rings. The average Bonchev–Trinajstić information content (AvgIpc) is 3.39. The second-order valence-electron chi connectivity index (χ2n) is 9.50. The van der Waals surface area contributed by atoms with Gasteiger partial charge in [-0.2, -0.15) is 0 Å². The third-order valence-corrected chi connectivity index (χ3v) is 6.66. The molecule has 0 unspecified atom stereocenters. The van der Waals surface area contributed by atoms with Gasteiger partial charge in [-0.05, 0) is 47.4 Å². The van der Waals surface area contributed by atoms with Gasteiger partial charge in [0.2, 0.25) is 5.90 Å². The number of nitrogens with zero attached hydrogens (tertiary/aromatic N) is 1. The summed E-state index contributed by atoms with van der Waals surface area (Å²) in [6.45, 7) is 5.56. The zero-order chi connectivity index (χ0) is 28.2. The predicted molar refractivity (Wildman–Crippen MR) is 156 cm³/mol. The first-order chi connectivity index (χ1) is 19.6. The highest BCUT2D eigenvalue weighted by Crippen LogP contribution is 2.43. The van der Waals surface area contributed by atoms with Crippen molar-refractivity contribution < 1.29 is 24.1 Å². The van der Waals surface area contributed by atoms with Crippen LogP contribution < -0.4 is 15.6 Å². The van der Waals surface area contributed by atoms with E-state index in [2.05, 4.69) is 29.6 Å². The van der Waals surface area contributed by atoms with Crippen molar-refractivity contribution in [1.29, 1.82) is 0 Å². The maximum absolute atomic E-state index is 13.8. The number of amides is 1. The SMILES string of the molecule is C=CC[C@]1(C(=O)NNCCCOC)N=C(c2ccc(OCCCO)cc2)O[C@H]1c1ccc(-c2ccccc2)cc1. The molecule has 8 heteroatoms. The van der Waals surface area contributed by atoms with E-state index >= 15 is 0 Å². The highest BCUT2D eigenvalue weighted by molar-refractivity contribution is 6.01. The Morgan fingerprint density at radius 1 is 1.00 bits per heavy atom. The molecule has 1 amide bonds. The van der Waals surface area contributed by atoms with E-state index < -0.39 is 11.6 Å². The van der Waals surface area contributed by atoms with Gasteiger partial charge in [0.25, 0.3) is 5.91 Å². The van der Waals surface area contributed by atoms with Crippen molar-refractivity contribution in [3.05, 3.63) is 103 Å². The first-order valence-corrected chi connectivity index (χ1v) is 13.5. The smallest absolute Gasteiger partial charge is 0.266 e. The van der Waals surface area contributed by atoms with E-state index in [0.717, 1.165) is 28.7 Å². The minimum atomic E-state index is -1.27. The normalized spacial score (nSPS) is 18.1. The number of methoxy groups -OCH3 is 1. The quantitative estimate of drug-likeness (QED) is 0.147. The van der Waals surface area contributed by atoms with Crippen molar-refractivity contribution in [2.75, 3.05) is 33.5 Å². The molecule has 0 saturated carbocycles. The van der Waals surface area contributed by atoms with Crippen LogP contribution in [0, 0.1) is 0 Å². The molecule has 40 heavy (non-hydrogen) atoms. The summed E-state index contributed by atoms with van der Waals surface area (Å²) in [5, 5.41) is 8.99. The molecule has 2 atom stereocenters. The zero-order valence-electron chi connectivity index (χ0n) is 22.8. The van der Waals surface area contributed by atoms with Gasteiger partial charge in [0.1, 0.15) is 5.75 Å². The average molecular weight is 544 g/mol. The van der Waals surface area contributed by atoms with E-state index in [1.165, 1.54) is 0 Å². The topological polar surface area (TPSA) is 101 Å². The molecule has 3 aromatic rings. The van der Waals surface area contributed by atoms with Crippen LogP contribution >= 0.6 is 0 Å². The number of rotatable bonds is 15. The third-order valence-electron chi connectivity index (χ3n) is 6.66. The van der Waals surface area contributed by atoms with Crippen LogP contribution in [0.5, 0.6) is 5.75 Å². The molecule has 0 aliphatic carbocycles. The second-order valence-corrected chi connectivity index (χ2v) is 9.50. The maximum Gasteiger partial charge on any atom is 0.266 e. The van der Waals surface area contributed by atoms with E-state index in [1.807, 2.05) is 66.7 Å². The Balaban J connectivity index is 1.63. The molecule has 3 aromatic carbocycles. The molecular weight excluding hydrogens is 506 g/mol. The van der Waals surface area contributed by atoms with Crippen LogP contribution in [0.15, 0.2) is 96.5 Å². The van der Waals surface area contributed by atoms with Crippen LogP contribution in [0.3, 0.4) is 0 Å². The van der Waals surface area contributed by atoms with Gasteiger partial charge in [-0.3, -0.25) is 10.2 Å². The van der Waals surface area contributed by atoms with Gasteiger partial charge in [-0.15, -0.1) is 6.58 Å². The van der Waals surface area contributed by atoms with E-state index in [9.17, 15) is 4.79 Å². The van der Waals surface area contributed by atoms with Crippen molar-refractivity contribution >= 4 is 11.8 Å². The largest absolute Gasteiger partial charge is 0.494 e. The zero-order valence-corrected chi connectivity index (χ0v) is 22.8. The summed E-state index contributed by atoms with van der Waals surface area (Å²) in [6.07, 6.45) is 2.60. The molecule has 1 heterocycles. The number of aliphatic imine (C=N–C) groups is 1. The van der Waals surface area contributed by atoms with E-state index in [-0.39, 0.29) is 18.9 Å². The summed E-state index contributed by atoms with van der Waals surface area (Å²) >= 11 is 0. The van der Waals surface area contributed by atoms with Gasteiger partial charge in [0.15, 0.2) is 11.6 Å². The standard InChI is InChI=1S/C32H37N3O5/c1-3-19-32(31(37)35-33-20-7-22-38-2)29(26-13-11-25(12-14-26)24-9-5-4-6-10-24)40-30(34-32)27-15-17-28(18-16-27)39-23-8-21-36/h3-6,9-18,29,33,36H,1,7-8,19-23H2,2H3,(H,35,37)/t29-,32-/m0/s1. The monoisotopic (exact) mass is 543 g/mol. The van der Waals surface area contributed by atoms with Crippen LogP contribution in [-0.2, 0) is 14.3 Å². The number of ether oxygens (including phenoxy) is 3. The van der Waals surface area contributed by atoms with E-state index in [1.54, 1.807) is 13.2 Å². The molecule has 8 nitrogen and oxygen atoms in total. The summed E-state index contributed by atoms with van der Waals surface area (Å²) in [7, 11) is 1.64. The highest BCUT2D eigenvalue weighted by Gasteiger charge is 2.52.